The molecule has 1 atom stereocenters. The van der Waals surface area contributed by atoms with Crippen LogP contribution >= 0.6 is 23.4 Å². The number of para-hydroxylation sites is 1. The molecule has 0 radical (unpaired) electrons. The Hall–Kier alpha value is -2.38. The standard InChI is InChI=1S/C20H21ClN4O2S/c1-12(2)11-25-19(27)14-7-4-5-8-15(14)24-20(25)28-13(3)18(26)23-16-9-6-10-22-17(16)21/h4-10,12-13H,11H2,1-3H3,(H,23,26)/t13-/m0/s1. The Bertz CT molecular complexity index is 1070. The second-order valence-corrected chi connectivity index (χ2v) is 8.48. The maximum Gasteiger partial charge on any atom is 0.262 e. The predicted molar refractivity (Wildman–Crippen MR) is 114 cm³/mol. The number of amides is 1. The Morgan fingerprint density at radius 2 is 1.96 bits per heavy atom. The second kappa shape index (κ2) is 8.75. The van der Waals surface area contributed by atoms with Crippen molar-refractivity contribution in [1.29, 1.82) is 0 Å². The first-order valence-corrected chi connectivity index (χ1v) is 10.2. The SMILES string of the molecule is CC(C)Cn1c(S[C@@H](C)C(=O)Nc2cccnc2Cl)nc2ccccc2c1=O. The first-order chi connectivity index (χ1) is 13.4. The number of pyridine rings is 1. The van der Waals surface area contributed by atoms with Gasteiger partial charge in [0.1, 0.15) is 0 Å². The molecule has 28 heavy (non-hydrogen) atoms. The summed E-state index contributed by atoms with van der Waals surface area (Å²) in [4.78, 5) is 34.2. The highest BCUT2D eigenvalue weighted by Crippen LogP contribution is 2.25. The summed E-state index contributed by atoms with van der Waals surface area (Å²) in [6.07, 6.45) is 1.56. The van der Waals surface area contributed by atoms with Gasteiger partial charge in [0.25, 0.3) is 5.56 Å². The Morgan fingerprint density at radius 1 is 1.21 bits per heavy atom. The number of halogens is 1. The van der Waals surface area contributed by atoms with Crippen molar-refractivity contribution < 1.29 is 4.79 Å². The number of aromatic nitrogens is 3. The number of rotatable bonds is 6. The van der Waals surface area contributed by atoms with Crippen LogP contribution in [0.5, 0.6) is 0 Å². The van der Waals surface area contributed by atoms with Gasteiger partial charge in [-0.1, -0.05) is 49.3 Å². The van der Waals surface area contributed by atoms with Crippen molar-refractivity contribution in [3.05, 3.63) is 58.1 Å². The molecule has 0 bridgehead atoms. The van der Waals surface area contributed by atoms with Gasteiger partial charge in [-0.05, 0) is 37.1 Å². The second-order valence-electron chi connectivity index (χ2n) is 6.81. The molecule has 1 N–H and O–H groups in total. The monoisotopic (exact) mass is 416 g/mol. The van der Waals surface area contributed by atoms with Gasteiger partial charge in [0.15, 0.2) is 10.3 Å². The molecule has 0 saturated heterocycles. The van der Waals surface area contributed by atoms with Gasteiger partial charge < -0.3 is 5.32 Å². The molecule has 2 heterocycles. The maximum atomic E-state index is 13.0. The Labute approximate surface area is 172 Å². The van der Waals surface area contributed by atoms with Crippen LogP contribution in [0.15, 0.2) is 52.5 Å². The molecule has 0 aliphatic carbocycles. The first kappa shape index (κ1) is 20.4. The first-order valence-electron chi connectivity index (χ1n) is 8.94. The number of hydrogen-bond acceptors (Lipinski definition) is 5. The number of nitrogens with zero attached hydrogens (tertiary/aromatic N) is 3. The molecule has 0 spiro atoms. The average Bonchev–Trinajstić information content (AvgIpc) is 2.66. The summed E-state index contributed by atoms with van der Waals surface area (Å²) in [7, 11) is 0. The van der Waals surface area contributed by atoms with Crippen LogP contribution in [0.2, 0.25) is 5.15 Å². The fourth-order valence-electron chi connectivity index (χ4n) is 2.69. The minimum atomic E-state index is -0.484. The lowest BCUT2D eigenvalue weighted by atomic mass is 10.2. The molecule has 0 saturated carbocycles. The fourth-order valence-corrected chi connectivity index (χ4v) is 3.77. The van der Waals surface area contributed by atoms with Crippen LogP contribution in [0.4, 0.5) is 5.69 Å². The molecule has 8 heteroatoms. The van der Waals surface area contributed by atoms with E-state index in [0.29, 0.717) is 28.3 Å². The lowest BCUT2D eigenvalue weighted by Crippen LogP contribution is -2.28. The highest BCUT2D eigenvalue weighted by molar-refractivity contribution is 8.00. The zero-order valence-corrected chi connectivity index (χ0v) is 17.4. The number of nitrogens with one attached hydrogen (secondary N) is 1. The van der Waals surface area contributed by atoms with Crippen LogP contribution in [0, 0.1) is 5.92 Å². The summed E-state index contributed by atoms with van der Waals surface area (Å²) in [6.45, 7) is 6.38. The van der Waals surface area contributed by atoms with E-state index in [-0.39, 0.29) is 22.5 Å². The van der Waals surface area contributed by atoms with E-state index in [1.54, 1.807) is 42.0 Å². The molecule has 3 aromatic rings. The van der Waals surface area contributed by atoms with Gasteiger partial charge in [-0.25, -0.2) is 9.97 Å². The smallest absolute Gasteiger partial charge is 0.262 e. The van der Waals surface area contributed by atoms with Crippen LogP contribution in [-0.2, 0) is 11.3 Å². The molecule has 1 amide bonds. The summed E-state index contributed by atoms with van der Waals surface area (Å²) in [5.41, 5.74) is 0.982. The quantitative estimate of drug-likeness (QED) is 0.370. The highest BCUT2D eigenvalue weighted by Gasteiger charge is 2.20. The van der Waals surface area contributed by atoms with Crippen molar-refractivity contribution in [3.63, 3.8) is 0 Å². The van der Waals surface area contributed by atoms with Gasteiger partial charge in [0.05, 0.1) is 21.8 Å². The van der Waals surface area contributed by atoms with E-state index < -0.39 is 5.25 Å². The molecule has 2 aromatic heterocycles. The van der Waals surface area contributed by atoms with Gasteiger partial charge in [0, 0.05) is 12.7 Å². The van der Waals surface area contributed by atoms with Gasteiger partial charge in [-0.15, -0.1) is 0 Å². The molecular formula is C20H21ClN4O2S. The number of fused-ring (bicyclic) bond motifs is 1. The van der Waals surface area contributed by atoms with Gasteiger partial charge in [0.2, 0.25) is 5.91 Å². The molecule has 146 valence electrons. The Kier molecular flexibility index (Phi) is 6.36. The third-order valence-corrected chi connectivity index (χ3v) is 5.43. The van der Waals surface area contributed by atoms with Crippen molar-refractivity contribution in [1.82, 2.24) is 14.5 Å². The number of thioether (sulfide) groups is 1. The van der Waals surface area contributed by atoms with E-state index in [1.165, 1.54) is 11.8 Å². The third kappa shape index (κ3) is 4.54. The summed E-state index contributed by atoms with van der Waals surface area (Å²) in [5, 5.41) is 3.62. The van der Waals surface area contributed by atoms with Gasteiger partial charge >= 0.3 is 0 Å². The van der Waals surface area contributed by atoms with E-state index in [9.17, 15) is 9.59 Å². The zero-order valence-electron chi connectivity index (χ0n) is 15.8. The minimum absolute atomic E-state index is 0.0929. The lowest BCUT2D eigenvalue weighted by Gasteiger charge is -2.17. The zero-order chi connectivity index (χ0) is 20.3. The summed E-state index contributed by atoms with van der Waals surface area (Å²) >= 11 is 7.26. The average molecular weight is 417 g/mol. The number of anilines is 1. The number of benzene rings is 1. The van der Waals surface area contributed by atoms with E-state index in [4.69, 9.17) is 11.6 Å². The van der Waals surface area contributed by atoms with Crippen LogP contribution < -0.4 is 10.9 Å². The molecule has 0 aliphatic rings. The lowest BCUT2D eigenvalue weighted by molar-refractivity contribution is -0.115. The fraction of sp³-hybridized carbons (Fsp3) is 0.300. The van der Waals surface area contributed by atoms with Crippen molar-refractivity contribution in [2.45, 2.75) is 37.7 Å². The maximum absolute atomic E-state index is 13.0. The molecule has 0 aliphatic heterocycles. The van der Waals surface area contributed by atoms with Gasteiger partial charge in [-0.2, -0.15) is 0 Å². The van der Waals surface area contributed by atoms with Crippen molar-refractivity contribution >= 4 is 45.9 Å². The van der Waals surface area contributed by atoms with Crippen LogP contribution in [0.3, 0.4) is 0 Å². The minimum Gasteiger partial charge on any atom is -0.322 e. The van der Waals surface area contributed by atoms with Crippen molar-refractivity contribution in [3.8, 4) is 0 Å². The van der Waals surface area contributed by atoms with Crippen LogP contribution in [-0.4, -0.2) is 25.7 Å². The molecule has 0 unspecified atom stereocenters. The van der Waals surface area contributed by atoms with Crippen LogP contribution in [0.1, 0.15) is 20.8 Å². The number of carbonyl (C=O) groups is 1. The molecular weight excluding hydrogens is 396 g/mol. The van der Waals surface area contributed by atoms with E-state index in [1.807, 2.05) is 26.0 Å². The largest absolute Gasteiger partial charge is 0.322 e. The number of carbonyl (C=O) groups excluding carboxylic acids is 1. The van der Waals surface area contributed by atoms with Crippen LogP contribution in [0.25, 0.3) is 10.9 Å². The normalized spacial score (nSPS) is 12.3. The van der Waals surface area contributed by atoms with E-state index in [0.717, 1.165) is 0 Å². The molecule has 1 aromatic carbocycles. The Morgan fingerprint density at radius 3 is 2.68 bits per heavy atom. The summed E-state index contributed by atoms with van der Waals surface area (Å²) in [6, 6.07) is 10.6. The molecule has 6 nitrogen and oxygen atoms in total. The van der Waals surface area contributed by atoms with Gasteiger partial charge in [-0.3, -0.25) is 14.2 Å². The topological polar surface area (TPSA) is 76.9 Å². The molecule has 0 fully saturated rings. The highest BCUT2D eigenvalue weighted by atomic mass is 35.5. The molecule has 3 rings (SSSR count). The summed E-state index contributed by atoms with van der Waals surface area (Å²) in [5.74, 6) is 0.0248. The van der Waals surface area contributed by atoms with Crippen molar-refractivity contribution in [2.75, 3.05) is 5.32 Å². The van der Waals surface area contributed by atoms with Crippen molar-refractivity contribution in [2.24, 2.45) is 5.92 Å². The third-order valence-electron chi connectivity index (χ3n) is 4.04. The van der Waals surface area contributed by atoms with E-state index in [2.05, 4.69) is 15.3 Å². The summed E-state index contributed by atoms with van der Waals surface area (Å²) < 4.78 is 1.65. The predicted octanol–water partition coefficient (Wildman–Crippen LogP) is 4.22. The van der Waals surface area contributed by atoms with E-state index >= 15 is 0 Å². The number of hydrogen-bond donors (Lipinski definition) is 1. The Balaban J connectivity index is 1.90.